The van der Waals surface area contributed by atoms with Crippen LogP contribution in [0.4, 0.5) is 11.4 Å². The lowest BCUT2D eigenvalue weighted by Gasteiger charge is -2.11. The molecule has 0 spiro atoms. The number of carbonyl (C=O) groups is 1. The first-order chi connectivity index (χ1) is 11.5. The second kappa shape index (κ2) is 6.08. The van der Waals surface area contributed by atoms with Gasteiger partial charge in [0.1, 0.15) is 11.3 Å². The molecule has 24 heavy (non-hydrogen) atoms. The largest absolute Gasteiger partial charge is 0.497 e. The molecule has 2 aromatic carbocycles. The van der Waals surface area contributed by atoms with Crippen molar-refractivity contribution in [3.8, 4) is 5.75 Å². The Morgan fingerprint density at radius 3 is 2.71 bits per heavy atom. The van der Waals surface area contributed by atoms with E-state index in [4.69, 9.17) is 10.5 Å². The summed E-state index contributed by atoms with van der Waals surface area (Å²) in [6.45, 7) is 0. The molecule has 1 amide bonds. The summed E-state index contributed by atoms with van der Waals surface area (Å²) in [7, 11) is 3.31. The molecule has 122 valence electrons. The summed E-state index contributed by atoms with van der Waals surface area (Å²) in [6.07, 6.45) is 1.51. The van der Waals surface area contributed by atoms with Crippen LogP contribution >= 0.6 is 0 Å². The Morgan fingerprint density at radius 1 is 1.21 bits per heavy atom. The molecule has 3 aromatic rings. The molecule has 0 aliphatic heterocycles. The molecule has 3 rings (SSSR count). The lowest BCUT2D eigenvalue weighted by Crippen LogP contribution is -2.24. The van der Waals surface area contributed by atoms with E-state index >= 15 is 0 Å². The highest BCUT2D eigenvalue weighted by molar-refractivity contribution is 6.06. The third kappa shape index (κ3) is 2.69. The van der Waals surface area contributed by atoms with E-state index in [0.717, 1.165) is 0 Å². The minimum atomic E-state index is -0.492. The van der Waals surface area contributed by atoms with Gasteiger partial charge in [-0.15, -0.1) is 0 Å². The SMILES string of the molecule is COc1cccc(NC(=O)c2cn(C)c3cccc(N)c3c2=O)c1. The van der Waals surface area contributed by atoms with Crippen molar-refractivity contribution in [2.75, 3.05) is 18.2 Å². The minimum Gasteiger partial charge on any atom is -0.497 e. The number of aryl methyl sites for hydroxylation is 1. The monoisotopic (exact) mass is 323 g/mol. The zero-order valence-corrected chi connectivity index (χ0v) is 13.4. The van der Waals surface area contributed by atoms with Crippen LogP contribution in [0.1, 0.15) is 10.4 Å². The Bertz CT molecular complexity index is 992. The van der Waals surface area contributed by atoms with Gasteiger partial charge in [0, 0.05) is 30.7 Å². The van der Waals surface area contributed by atoms with Crippen molar-refractivity contribution in [2.45, 2.75) is 0 Å². The number of amides is 1. The summed E-state index contributed by atoms with van der Waals surface area (Å²) in [5, 5.41) is 3.06. The van der Waals surface area contributed by atoms with Crippen molar-refractivity contribution < 1.29 is 9.53 Å². The first-order valence-electron chi connectivity index (χ1n) is 7.34. The normalized spacial score (nSPS) is 10.6. The lowest BCUT2D eigenvalue weighted by atomic mass is 10.1. The van der Waals surface area contributed by atoms with E-state index in [2.05, 4.69) is 5.32 Å². The molecule has 0 unspecified atom stereocenters. The number of methoxy groups -OCH3 is 1. The van der Waals surface area contributed by atoms with Gasteiger partial charge < -0.3 is 20.4 Å². The fourth-order valence-electron chi connectivity index (χ4n) is 2.62. The summed E-state index contributed by atoms with van der Waals surface area (Å²) in [5.74, 6) is 0.123. The molecule has 3 N–H and O–H groups in total. The summed E-state index contributed by atoms with van der Waals surface area (Å²) in [6, 6.07) is 12.1. The number of nitrogens with one attached hydrogen (secondary N) is 1. The maximum atomic E-state index is 12.7. The van der Waals surface area contributed by atoms with Gasteiger partial charge in [-0.1, -0.05) is 12.1 Å². The zero-order chi connectivity index (χ0) is 17.3. The van der Waals surface area contributed by atoms with Gasteiger partial charge in [-0.05, 0) is 24.3 Å². The van der Waals surface area contributed by atoms with Crippen LogP contribution in [-0.4, -0.2) is 17.6 Å². The number of rotatable bonds is 3. The number of hydrogen-bond donors (Lipinski definition) is 2. The van der Waals surface area contributed by atoms with Crippen LogP contribution in [0.2, 0.25) is 0 Å². The highest BCUT2D eigenvalue weighted by Crippen LogP contribution is 2.19. The third-order valence-corrected chi connectivity index (χ3v) is 3.82. The Kier molecular flexibility index (Phi) is 3.95. The maximum Gasteiger partial charge on any atom is 0.261 e. The Balaban J connectivity index is 2.06. The second-order valence-corrected chi connectivity index (χ2v) is 5.41. The van der Waals surface area contributed by atoms with E-state index in [0.29, 0.717) is 28.0 Å². The number of pyridine rings is 1. The Labute approximate surface area is 138 Å². The van der Waals surface area contributed by atoms with Gasteiger partial charge in [-0.25, -0.2) is 0 Å². The van der Waals surface area contributed by atoms with Crippen molar-refractivity contribution in [2.24, 2.45) is 7.05 Å². The fraction of sp³-hybridized carbons (Fsp3) is 0.111. The molecule has 0 saturated carbocycles. The van der Waals surface area contributed by atoms with Gasteiger partial charge in [0.15, 0.2) is 0 Å². The smallest absolute Gasteiger partial charge is 0.261 e. The summed E-state index contributed by atoms with van der Waals surface area (Å²) < 4.78 is 6.84. The number of hydrogen-bond acceptors (Lipinski definition) is 4. The average molecular weight is 323 g/mol. The number of fused-ring (bicyclic) bond motifs is 1. The third-order valence-electron chi connectivity index (χ3n) is 3.82. The van der Waals surface area contributed by atoms with Gasteiger partial charge >= 0.3 is 0 Å². The van der Waals surface area contributed by atoms with Crippen LogP contribution in [0.25, 0.3) is 10.9 Å². The molecule has 0 saturated heterocycles. The van der Waals surface area contributed by atoms with Crippen molar-refractivity contribution in [3.63, 3.8) is 0 Å². The van der Waals surface area contributed by atoms with Crippen LogP contribution in [-0.2, 0) is 7.05 Å². The molecule has 0 bridgehead atoms. The topological polar surface area (TPSA) is 86.3 Å². The number of nitrogens with zero attached hydrogens (tertiary/aromatic N) is 1. The van der Waals surface area contributed by atoms with Crippen LogP contribution in [0.3, 0.4) is 0 Å². The van der Waals surface area contributed by atoms with Gasteiger partial charge in [0.25, 0.3) is 5.91 Å². The van der Waals surface area contributed by atoms with E-state index in [-0.39, 0.29) is 11.0 Å². The number of aromatic nitrogens is 1. The number of benzene rings is 2. The average Bonchev–Trinajstić information content (AvgIpc) is 2.58. The highest BCUT2D eigenvalue weighted by Gasteiger charge is 2.16. The first-order valence-corrected chi connectivity index (χ1v) is 7.34. The summed E-state index contributed by atoms with van der Waals surface area (Å²) in [4.78, 5) is 25.2. The molecule has 1 heterocycles. The number of anilines is 2. The molecule has 1 aromatic heterocycles. The zero-order valence-electron chi connectivity index (χ0n) is 13.4. The molecular formula is C18H17N3O3. The number of carbonyl (C=O) groups excluding carboxylic acids is 1. The molecule has 0 aliphatic carbocycles. The quantitative estimate of drug-likeness (QED) is 0.725. The predicted octanol–water partition coefficient (Wildman–Crippen LogP) is 2.38. The molecule has 6 nitrogen and oxygen atoms in total. The minimum absolute atomic E-state index is 0.0331. The van der Waals surface area contributed by atoms with E-state index in [1.165, 1.54) is 6.20 Å². The summed E-state index contributed by atoms with van der Waals surface area (Å²) in [5.41, 5.74) is 7.14. The number of nitrogens with two attached hydrogens (primary N) is 1. The molecule has 0 atom stereocenters. The van der Waals surface area contributed by atoms with E-state index in [9.17, 15) is 9.59 Å². The van der Waals surface area contributed by atoms with Crippen molar-refractivity contribution in [3.05, 3.63) is 64.4 Å². The molecule has 0 fully saturated rings. The molecule has 0 radical (unpaired) electrons. The van der Waals surface area contributed by atoms with Crippen LogP contribution in [0.5, 0.6) is 5.75 Å². The molecular weight excluding hydrogens is 306 g/mol. The van der Waals surface area contributed by atoms with E-state index in [1.807, 2.05) is 0 Å². The highest BCUT2D eigenvalue weighted by atomic mass is 16.5. The fourth-order valence-corrected chi connectivity index (χ4v) is 2.62. The van der Waals surface area contributed by atoms with Crippen molar-refractivity contribution in [1.82, 2.24) is 4.57 Å². The van der Waals surface area contributed by atoms with Crippen LogP contribution in [0.15, 0.2) is 53.5 Å². The van der Waals surface area contributed by atoms with Crippen molar-refractivity contribution >= 4 is 28.2 Å². The first kappa shape index (κ1) is 15.6. The predicted molar refractivity (Wildman–Crippen MR) is 94.5 cm³/mol. The van der Waals surface area contributed by atoms with Gasteiger partial charge in [0.2, 0.25) is 5.43 Å². The standard InChI is InChI=1S/C18H17N3O3/c1-21-10-13(17(22)16-14(19)7-4-8-15(16)21)18(23)20-11-5-3-6-12(9-11)24-2/h3-10H,19H2,1-2H3,(H,20,23). The molecule has 6 heteroatoms. The number of nitrogen functional groups attached to an aromatic ring is 1. The maximum absolute atomic E-state index is 12.7. The Hall–Kier alpha value is -3.28. The van der Waals surface area contributed by atoms with Crippen LogP contribution in [0, 0.1) is 0 Å². The van der Waals surface area contributed by atoms with Gasteiger partial charge in [-0.2, -0.15) is 0 Å². The van der Waals surface area contributed by atoms with E-state index < -0.39 is 5.91 Å². The van der Waals surface area contributed by atoms with E-state index in [1.54, 1.807) is 61.2 Å². The Morgan fingerprint density at radius 2 is 1.96 bits per heavy atom. The van der Waals surface area contributed by atoms with Crippen molar-refractivity contribution in [1.29, 1.82) is 0 Å². The second-order valence-electron chi connectivity index (χ2n) is 5.41. The molecule has 0 aliphatic rings. The number of ether oxygens (including phenoxy) is 1. The van der Waals surface area contributed by atoms with Gasteiger partial charge in [-0.3, -0.25) is 9.59 Å². The lowest BCUT2D eigenvalue weighted by molar-refractivity contribution is 0.102. The van der Waals surface area contributed by atoms with Gasteiger partial charge in [0.05, 0.1) is 18.0 Å². The summed E-state index contributed by atoms with van der Waals surface area (Å²) >= 11 is 0. The van der Waals surface area contributed by atoms with Crippen LogP contribution < -0.4 is 21.2 Å².